The molecule has 1 aliphatic heterocycles. The van der Waals surface area contributed by atoms with E-state index in [0.717, 1.165) is 26.8 Å². The smallest absolute Gasteiger partial charge is 0.251 e. The van der Waals surface area contributed by atoms with Crippen LogP contribution in [0.15, 0.2) is 48.7 Å². The zero-order valence-corrected chi connectivity index (χ0v) is 16.3. The Hall–Kier alpha value is -3.39. The Balaban J connectivity index is 1.33. The second kappa shape index (κ2) is 6.89. The Morgan fingerprint density at radius 2 is 2.00 bits per heavy atom. The van der Waals surface area contributed by atoms with E-state index in [0.29, 0.717) is 23.6 Å². The summed E-state index contributed by atoms with van der Waals surface area (Å²) in [6, 6.07) is 11.4. The quantitative estimate of drug-likeness (QED) is 0.550. The summed E-state index contributed by atoms with van der Waals surface area (Å²) in [6.07, 6.45) is 1.93. The van der Waals surface area contributed by atoms with Crippen molar-refractivity contribution in [1.82, 2.24) is 14.7 Å². The highest BCUT2D eigenvalue weighted by atomic mass is 32.1. The van der Waals surface area contributed by atoms with Crippen LogP contribution in [0.1, 0.15) is 20.9 Å². The van der Waals surface area contributed by atoms with Gasteiger partial charge in [-0.05, 0) is 49.4 Å². The van der Waals surface area contributed by atoms with Gasteiger partial charge in [-0.3, -0.25) is 9.20 Å². The first kappa shape index (κ1) is 17.7. The van der Waals surface area contributed by atoms with Gasteiger partial charge in [0, 0.05) is 27.9 Å². The van der Waals surface area contributed by atoms with Crippen molar-refractivity contribution in [3.63, 3.8) is 0 Å². The normalized spacial score (nSPS) is 12.5. The molecule has 1 N–H and O–H groups in total. The molecule has 0 radical (unpaired) electrons. The number of ether oxygens (including phenoxy) is 2. The van der Waals surface area contributed by atoms with Gasteiger partial charge >= 0.3 is 0 Å². The summed E-state index contributed by atoms with van der Waals surface area (Å²) in [5.41, 5.74) is 3.18. The minimum atomic E-state index is -0.272. The van der Waals surface area contributed by atoms with E-state index in [1.807, 2.05) is 17.5 Å². The van der Waals surface area contributed by atoms with Gasteiger partial charge in [-0.15, -0.1) is 0 Å². The Bertz CT molecular complexity index is 1230. The number of thiazole rings is 1. The highest BCUT2D eigenvalue weighted by molar-refractivity contribution is 7.17. The van der Waals surface area contributed by atoms with E-state index < -0.39 is 0 Å². The van der Waals surface area contributed by atoms with Crippen molar-refractivity contribution in [3.05, 3.63) is 70.6 Å². The lowest BCUT2D eigenvalue weighted by atomic mass is 10.2. The van der Waals surface area contributed by atoms with Gasteiger partial charge in [-0.1, -0.05) is 11.3 Å². The number of halogens is 1. The summed E-state index contributed by atoms with van der Waals surface area (Å²) in [6.45, 7) is 2.56. The van der Waals surface area contributed by atoms with Crippen molar-refractivity contribution < 1.29 is 18.7 Å². The topological polar surface area (TPSA) is 64.9 Å². The molecule has 0 saturated carbocycles. The third kappa shape index (κ3) is 3.21. The largest absolute Gasteiger partial charge is 0.454 e. The van der Waals surface area contributed by atoms with Crippen LogP contribution < -0.4 is 14.8 Å². The van der Waals surface area contributed by atoms with Gasteiger partial charge in [-0.25, -0.2) is 9.37 Å². The number of carbonyl (C=O) groups excluding carboxylic acids is 1. The number of fused-ring (bicyclic) bond motifs is 2. The Morgan fingerprint density at radius 3 is 2.79 bits per heavy atom. The molecule has 3 heterocycles. The first-order valence-electron chi connectivity index (χ1n) is 8.99. The van der Waals surface area contributed by atoms with Crippen molar-refractivity contribution in [2.75, 3.05) is 6.79 Å². The number of amides is 1. The third-order valence-corrected chi connectivity index (χ3v) is 5.99. The van der Waals surface area contributed by atoms with E-state index in [2.05, 4.69) is 10.3 Å². The van der Waals surface area contributed by atoms with Crippen molar-refractivity contribution in [2.45, 2.75) is 13.5 Å². The molecule has 5 rings (SSSR count). The maximum Gasteiger partial charge on any atom is 0.251 e. The lowest BCUT2D eigenvalue weighted by molar-refractivity contribution is 0.0951. The summed E-state index contributed by atoms with van der Waals surface area (Å²) in [5.74, 6) is 0.776. The molecular weight excluding hydrogens is 393 g/mol. The summed E-state index contributed by atoms with van der Waals surface area (Å²) < 4.78 is 25.7. The maximum absolute atomic E-state index is 13.1. The summed E-state index contributed by atoms with van der Waals surface area (Å²) in [7, 11) is 0. The number of aryl methyl sites for hydroxylation is 1. The lowest BCUT2D eigenvalue weighted by Gasteiger charge is -2.05. The molecular formula is C21H16FN3O3S. The Morgan fingerprint density at radius 1 is 1.21 bits per heavy atom. The molecule has 8 heteroatoms. The number of aromatic nitrogens is 2. The molecule has 2 aromatic heterocycles. The van der Waals surface area contributed by atoms with Crippen molar-refractivity contribution in [2.24, 2.45) is 0 Å². The number of hydrogen-bond acceptors (Lipinski definition) is 5. The van der Waals surface area contributed by atoms with Crippen molar-refractivity contribution in [3.8, 4) is 22.8 Å². The second-order valence-corrected chi connectivity index (χ2v) is 7.71. The summed E-state index contributed by atoms with van der Waals surface area (Å²) >= 11 is 1.52. The molecule has 1 aliphatic rings. The van der Waals surface area contributed by atoms with Crippen LogP contribution >= 0.6 is 11.3 Å². The van der Waals surface area contributed by atoms with Gasteiger partial charge in [0.2, 0.25) is 6.79 Å². The minimum absolute atomic E-state index is 0.175. The van der Waals surface area contributed by atoms with E-state index in [-0.39, 0.29) is 18.5 Å². The molecule has 6 nitrogen and oxygen atoms in total. The fourth-order valence-electron chi connectivity index (χ4n) is 3.22. The molecule has 0 bridgehead atoms. The van der Waals surface area contributed by atoms with Crippen LogP contribution in [0, 0.1) is 12.7 Å². The Kier molecular flexibility index (Phi) is 4.21. The number of imidazole rings is 1. The van der Waals surface area contributed by atoms with Gasteiger partial charge in [0.05, 0.1) is 12.2 Å². The number of nitrogens with zero attached hydrogens (tertiary/aromatic N) is 2. The zero-order chi connectivity index (χ0) is 20.0. The standard InChI is InChI=1S/C21H16FN3O3S/c1-12-19(9-23-20(26)14-4-7-17-18(8-14)28-11-27-17)29-21-24-16(10-25(12)21)13-2-5-15(22)6-3-13/h2-8,10H,9,11H2,1H3,(H,23,26). The van der Waals surface area contributed by atoms with Gasteiger partial charge in [0.15, 0.2) is 16.5 Å². The highest BCUT2D eigenvalue weighted by Crippen LogP contribution is 2.32. The number of carbonyl (C=O) groups is 1. The Labute approximate surface area is 169 Å². The minimum Gasteiger partial charge on any atom is -0.454 e. The SMILES string of the molecule is Cc1c(CNC(=O)c2ccc3c(c2)OCO3)sc2nc(-c3ccc(F)cc3)cn12. The average Bonchev–Trinajstić information content (AvgIpc) is 3.42. The van der Waals surface area contributed by atoms with Crippen LogP contribution in [-0.4, -0.2) is 22.1 Å². The predicted molar refractivity (Wildman–Crippen MR) is 107 cm³/mol. The molecule has 1 amide bonds. The summed E-state index contributed by atoms with van der Waals surface area (Å²) in [4.78, 5) is 19.0. The van der Waals surface area contributed by atoms with Crippen LogP contribution in [0.5, 0.6) is 11.5 Å². The van der Waals surface area contributed by atoms with E-state index in [9.17, 15) is 9.18 Å². The second-order valence-electron chi connectivity index (χ2n) is 6.65. The highest BCUT2D eigenvalue weighted by Gasteiger charge is 2.17. The molecule has 146 valence electrons. The van der Waals surface area contributed by atoms with Crippen molar-refractivity contribution >= 4 is 22.2 Å². The van der Waals surface area contributed by atoms with Crippen LogP contribution in [0.2, 0.25) is 0 Å². The van der Waals surface area contributed by atoms with Crippen LogP contribution in [0.25, 0.3) is 16.2 Å². The van der Waals surface area contributed by atoms with Gasteiger partial charge in [0.25, 0.3) is 5.91 Å². The molecule has 0 spiro atoms. The molecule has 4 aromatic rings. The fourth-order valence-corrected chi connectivity index (χ4v) is 4.26. The van der Waals surface area contributed by atoms with Gasteiger partial charge in [-0.2, -0.15) is 0 Å². The van der Waals surface area contributed by atoms with Crippen LogP contribution in [0.4, 0.5) is 4.39 Å². The monoisotopic (exact) mass is 409 g/mol. The summed E-state index contributed by atoms with van der Waals surface area (Å²) in [5, 5.41) is 2.94. The van der Waals surface area contributed by atoms with Crippen molar-refractivity contribution in [1.29, 1.82) is 0 Å². The van der Waals surface area contributed by atoms with E-state index >= 15 is 0 Å². The third-order valence-electron chi connectivity index (χ3n) is 4.84. The number of nitrogens with one attached hydrogen (secondary N) is 1. The lowest BCUT2D eigenvalue weighted by Crippen LogP contribution is -2.22. The molecule has 0 saturated heterocycles. The molecule has 0 aliphatic carbocycles. The molecule has 0 unspecified atom stereocenters. The first-order chi connectivity index (χ1) is 14.1. The average molecular weight is 409 g/mol. The number of rotatable bonds is 4. The number of hydrogen-bond donors (Lipinski definition) is 1. The van der Waals surface area contributed by atoms with E-state index in [4.69, 9.17) is 9.47 Å². The molecule has 2 aromatic carbocycles. The first-order valence-corrected chi connectivity index (χ1v) is 9.81. The van der Waals surface area contributed by atoms with E-state index in [1.165, 1.54) is 23.5 Å². The molecule has 29 heavy (non-hydrogen) atoms. The predicted octanol–water partition coefficient (Wildman–Crippen LogP) is 4.17. The molecule has 0 fully saturated rings. The maximum atomic E-state index is 13.1. The van der Waals surface area contributed by atoms with E-state index in [1.54, 1.807) is 30.3 Å². The van der Waals surface area contributed by atoms with Crippen LogP contribution in [-0.2, 0) is 6.54 Å². The fraction of sp³-hybridized carbons (Fsp3) is 0.143. The number of benzene rings is 2. The molecule has 0 atom stereocenters. The zero-order valence-electron chi connectivity index (χ0n) is 15.4. The van der Waals surface area contributed by atoms with Gasteiger partial charge < -0.3 is 14.8 Å². The van der Waals surface area contributed by atoms with Gasteiger partial charge in [0.1, 0.15) is 5.82 Å². The van der Waals surface area contributed by atoms with Crippen LogP contribution in [0.3, 0.4) is 0 Å².